The van der Waals surface area contributed by atoms with Crippen LogP contribution in [0, 0.1) is 0 Å². The van der Waals surface area contributed by atoms with Gasteiger partial charge in [0, 0.05) is 18.8 Å². The monoisotopic (exact) mass is 365 g/mol. The van der Waals surface area contributed by atoms with Crippen LogP contribution in [0.15, 0.2) is 36.7 Å². The smallest absolute Gasteiger partial charge is 0.338 e. The number of hydrogen-bond donors (Lipinski definition) is 1. The lowest BCUT2D eigenvalue weighted by Crippen LogP contribution is -2.28. The average molecular weight is 366 g/mol. The van der Waals surface area contributed by atoms with E-state index in [-0.39, 0.29) is 18.0 Å². The summed E-state index contributed by atoms with van der Waals surface area (Å²) in [6, 6.07) is 8.22. The number of ether oxygens (including phenoxy) is 1. The van der Waals surface area contributed by atoms with E-state index in [1.807, 2.05) is 24.3 Å². The Morgan fingerprint density at radius 3 is 2.72 bits per heavy atom. The number of carbonyl (C=O) groups is 1. The van der Waals surface area contributed by atoms with Crippen LogP contribution in [0.5, 0.6) is 5.75 Å². The van der Waals surface area contributed by atoms with Gasteiger partial charge in [0.2, 0.25) is 0 Å². The fourth-order valence-electron chi connectivity index (χ4n) is 3.05. The number of aromatic carboxylic acids is 1. The number of nitrogens with zero attached hydrogens (tertiary/aromatic N) is 3. The van der Waals surface area contributed by atoms with Gasteiger partial charge in [0.1, 0.15) is 5.75 Å². The minimum absolute atomic E-state index is 0. The van der Waals surface area contributed by atoms with Crippen molar-refractivity contribution < 1.29 is 14.6 Å². The van der Waals surface area contributed by atoms with Gasteiger partial charge in [0.25, 0.3) is 0 Å². The second kappa shape index (κ2) is 8.87. The molecule has 2 aromatic rings. The van der Waals surface area contributed by atoms with Crippen LogP contribution in [0.2, 0.25) is 0 Å². The Morgan fingerprint density at radius 1 is 1.36 bits per heavy atom. The Bertz CT molecular complexity index is 687. The summed E-state index contributed by atoms with van der Waals surface area (Å²) in [5, 5.41) is 13.0. The molecule has 0 saturated carbocycles. The minimum Gasteiger partial charge on any atom is -0.494 e. The van der Waals surface area contributed by atoms with Crippen LogP contribution >= 0.6 is 12.4 Å². The SMILES string of the molecule is C[C@H]1CCCN1CCCOc1ccc(-n2cc(C(=O)O)cn2)cc1.Cl. The summed E-state index contributed by atoms with van der Waals surface area (Å²) in [5.41, 5.74) is 0.979. The van der Waals surface area contributed by atoms with Gasteiger partial charge >= 0.3 is 5.97 Å². The van der Waals surface area contributed by atoms with E-state index in [4.69, 9.17) is 9.84 Å². The number of aromatic nitrogens is 2. The van der Waals surface area contributed by atoms with E-state index in [2.05, 4.69) is 16.9 Å². The third-order valence-electron chi connectivity index (χ3n) is 4.48. The quantitative estimate of drug-likeness (QED) is 0.763. The molecule has 1 N–H and O–H groups in total. The largest absolute Gasteiger partial charge is 0.494 e. The van der Waals surface area contributed by atoms with Gasteiger partial charge in [-0.05, 0) is 57.0 Å². The number of carboxylic acids is 1. The Kier molecular flexibility index (Phi) is 6.84. The highest BCUT2D eigenvalue weighted by Gasteiger charge is 2.19. The lowest BCUT2D eigenvalue weighted by molar-refractivity contribution is 0.0697. The minimum atomic E-state index is -0.978. The summed E-state index contributed by atoms with van der Waals surface area (Å²) >= 11 is 0. The fraction of sp³-hybridized carbons (Fsp3) is 0.444. The van der Waals surface area contributed by atoms with E-state index in [0.29, 0.717) is 12.6 Å². The number of hydrogen-bond acceptors (Lipinski definition) is 4. The van der Waals surface area contributed by atoms with Crippen LogP contribution in [-0.2, 0) is 0 Å². The summed E-state index contributed by atoms with van der Waals surface area (Å²) in [4.78, 5) is 13.4. The molecule has 0 unspecified atom stereocenters. The summed E-state index contributed by atoms with van der Waals surface area (Å²) in [6.07, 6.45) is 6.47. The van der Waals surface area contributed by atoms with Crippen molar-refractivity contribution >= 4 is 18.4 Å². The van der Waals surface area contributed by atoms with Crippen molar-refractivity contribution in [2.75, 3.05) is 19.7 Å². The first-order chi connectivity index (χ1) is 11.6. The second-order valence-electron chi connectivity index (χ2n) is 6.20. The molecular weight excluding hydrogens is 342 g/mol. The van der Waals surface area contributed by atoms with Crippen molar-refractivity contribution in [1.82, 2.24) is 14.7 Å². The van der Waals surface area contributed by atoms with Gasteiger partial charge in [-0.25, -0.2) is 9.48 Å². The maximum Gasteiger partial charge on any atom is 0.338 e. The molecule has 0 aliphatic carbocycles. The Labute approximate surface area is 153 Å². The van der Waals surface area contributed by atoms with Crippen LogP contribution in [0.4, 0.5) is 0 Å². The molecule has 0 radical (unpaired) electrons. The summed E-state index contributed by atoms with van der Waals surface area (Å²) in [6.45, 7) is 5.29. The van der Waals surface area contributed by atoms with Crippen molar-refractivity contribution in [3.63, 3.8) is 0 Å². The summed E-state index contributed by atoms with van der Waals surface area (Å²) in [7, 11) is 0. The standard InChI is InChI=1S/C18H23N3O3.ClH/c1-14-4-2-9-20(14)10-3-11-24-17-7-5-16(6-8-17)21-13-15(12-19-21)18(22)23;/h5-8,12-14H,2-4,9-11H2,1H3,(H,22,23);1H/t14-;/m0./s1. The van der Waals surface area contributed by atoms with Gasteiger partial charge in [0.05, 0.1) is 24.1 Å². The van der Waals surface area contributed by atoms with E-state index in [9.17, 15) is 4.79 Å². The first-order valence-corrected chi connectivity index (χ1v) is 8.39. The molecule has 3 rings (SSSR count). The normalized spacial score (nSPS) is 17.2. The van der Waals surface area contributed by atoms with Crippen molar-refractivity contribution in [3.05, 3.63) is 42.2 Å². The van der Waals surface area contributed by atoms with Crippen LogP contribution in [0.1, 0.15) is 36.5 Å². The number of benzene rings is 1. The zero-order valence-corrected chi connectivity index (χ0v) is 15.1. The van der Waals surface area contributed by atoms with E-state index < -0.39 is 5.97 Å². The molecule has 1 fully saturated rings. The van der Waals surface area contributed by atoms with Crippen LogP contribution in [-0.4, -0.2) is 51.5 Å². The first-order valence-electron chi connectivity index (χ1n) is 8.39. The van der Waals surface area contributed by atoms with Crippen molar-refractivity contribution in [2.24, 2.45) is 0 Å². The van der Waals surface area contributed by atoms with Gasteiger partial charge in [0.15, 0.2) is 0 Å². The molecule has 1 aliphatic rings. The van der Waals surface area contributed by atoms with Crippen LogP contribution < -0.4 is 4.74 Å². The number of rotatable bonds is 7. The molecule has 0 spiro atoms. The summed E-state index contributed by atoms with van der Waals surface area (Å²) in [5.74, 6) is -0.160. The molecule has 25 heavy (non-hydrogen) atoms. The number of carboxylic acid groups (broad SMARTS) is 1. The first kappa shape index (κ1) is 19.3. The zero-order chi connectivity index (χ0) is 16.9. The van der Waals surface area contributed by atoms with Crippen molar-refractivity contribution in [3.8, 4) is 11.4 Å². The molecule has 1 saturated heterocycles. The molecule has 2 heterocycles. The van der Waals surface area contributed by atoms with Gasteiger partial charge in [-0.3, -0.25) is 0 Å². The van der Waals surface area contributed by atoms with Gasteiger partial charge in [-0.1, -0.05) is 0 Å². The van der Waals surface area contributed by atoms with E-state index in [1.165, 1.54) is 31.8 Å². The highest BCUT2D eigenvalue weighted by molar-refractivity contribution is 5.87. The zero-order valence-electron chi connectivity index (χ0n) is 14.3. The lowest BCUT2D eigenvalue weighted by Gasteiger charge is -2.20. The predicted molar refractivity (Wildman–Crippen MR) is 98.2 cm³/mol. The Morgan fingerprint density at radius 2 is 2.12 bits per heavy atom. The number of halogens is 1. The number of likely N-dealkylation sites (tertiary alicyclic amines) is 1. The molecule has 1 aliphatic heterocycles. The highest BCUT2D eigenvalue weighted by atomic mass is 35.5. The topological polar surface area (TPSA) is 67.6 Å². The molecule has 0 amide bonds. The molecule has 6 nitrogen and oxygen atoms in total. The molecular formula is C18H24ClN3O3. The van der Waals surface area contributed by atoms with Gasteiger partial charge in [-0.2, -0.15) is 5.10 Å². The molecule has 0 bridgehead atoms. The molecule has 7 heteroatoms. The summed E-state index contributed by atoms with van der Waals surface area (Å²) < 4.78 is 7.33. The third kappa shape index (κ3) is 4.96. The lowest BCUT2D eigenvalue weighted by atomic mass is 10.2. The molecule has 1 atom stereocenters. The maximum atomic E-state index is 10.9. The van der Waals surface area contributed by atoms with Crippen LogP contribution in [0.25, 0.3) is 5.69 Å². The van der Waals surface area contributed by atoms with Crippen LogP contribution in [0.3, 0.4) is 0 Å². The van der Waals surface area contributed by atoms with Crippen molar-refractivity contribution in [2.45, 2.75) is 32.2 Å². The van der Waals surface area contributed by atoms with Crippen molar-refractivity contribution in [1.29, 1.82) is 0 Å². The predicted octanol–water partition coefficient (Wildman–Crippen LogP) is 3.25. The van der Waals surface area contributed by atoms with Gasteiger partial charge < -0.3 is 14.7 Å². The molecule has 1 aromatic heterocycles. The molecule has 1 aromatic carbocycles. The average Bonchev–Trinajstić information content (AvgIpc) is 3.22. The third-order valence-corrected chi connectivity index (χ3v) is 4.48. The Balaban J connectivity index is 0.00000225. The fourth-order valence-corrected chi connectivity index (χ4v) is 3.05. The molecule has 136 valence electrons. The van der Waals surface area contributed by atoms with E-state index >= 15 is 0 Å². The highest BCUT2D eigenvalue weighted by Crippen LogP contribution is 2.18. The maximum absolute atomic E-state index is 10.9. The van der Waals surface area contributed by atoms with E-state index in [0.717, 1.165) is 24.4 Å². The van der Waals surface area contributed by atoms with Gasteiger partial charge in [-0.15, -0.1) is 12.4 Å². The Hall–Kier alpha value is -2.05. The van der Waals surface area contributed by atoms with E-state index in [1.54, 1.807) is 4.68 Å². The second-order valence-corrected chi connectivity index (χ2v) is 6.20.